The normalized spacial score (nSPS) is 16.7. The number of aliphatic hydroxyl groups excluding tert-OH is 1. The van der Waals surface area contributed by atoms with Gasteiger partial charge in [-0.15, -0.1) is 0 Å². The van der Waals surface area contributed by atoms with E-state index in [-0.39, 0.29) is 6.10 Å². The Morgan fingerprint density at radius 1 is 1.55 bits per heavy atom. The summed E-state index contributed by atoms with van der Waals surface area (Å²) in [7, 11) is -1.09. The van der Waals surface area contributed by atoms with Gasteiger partial charge >= 0.3 is 0 Å². The summed E-state index contributed by atoms with van der Waals surface area (Å²) >= 11 is 2.39. The van der Waals surface area contributed by atoms with Crippen LogP contribution in [-0.2, 0) is 0 Å². The van der Waals surface area contributed by atoms with Crippen LogP contribution in [0.5, 0.6) is 0 Å². The van der Waals surface area contributed by atoms with Crippen molar-refractivity contribution in [2.45, 2.75) is 39.1 Å². The van der Waals surface area contributed by atoms with Crippen LogP contribution in [0.1, 0.15) is 13.3 Å². The highest BCUT2D eigenvalue weighted by atomic mass is 127. The second-order valence-corrected chi connectivity index (χ2v) is 11.1. The molecule has 0 aromatic carbocycles. The monoisotopic (exact) mass is 284 g/mol. The van der Waals surface area contributed by atoms with E-state index in [0.29, 0.717) is 0 Å². The lowest BCUT2D eigenvalue weighted by atomic mass is 10.3. The van der Waals surface area contributed by atoms with Gasteiger partial charge in [0.25, 0.3) is 0 Å². The molecule has 0 aliphatic heterocycles. The van der Waals surface area contributed by atoms with E-state index in [2.05, 4.69) is 48.3 Å². The molecular weight excluding hydrogens is 267 g/mol. The first-order chi connectivity index (χ1) is 4.84. The maximum atomic E-state index is 9.03. The van der Waals surface area contributed by atoms with Crippen molar-refractivity contribution >= 4 is 30.7 Å². The first-order valence-corrected chi connectivity index (χ1v) is 8.46. The number of hydrogen-bond acceptors (Lipinski definition) is 1. The average Bonchev–Trinajstić information content (AvgIpc) is 1.80. The van der Waals surface area contributed by atoms with Crippen molar-refractivity contribution in [3.63, 3.8) is 0 Å². The van der Waals surface area contributed by atoms with Gasteiger partial charge in [0.1, 0.15) is 0 Å². The predicted octanol–water partition coefficient (Wildman–Crippen LogP) is 2.95. The zero-order chi connectivity index (χ0) is 9.07. The minimum Gasteiger partial charge on any atom is -0.393 e. The Kier molecular flexibility index (Phi) is 4.89. The first-order valence-electron chi connectivity index (χ1n) is 3.88. The van der Waals surface area contributed by atoms with Gasteiger partial charge in [-0.2, -0.15) is 0 Å². The van der Waals surface area contributed by atoms with Gasteiger partial charge in [-0.25, -0.2) is 0 Å². The highest BCUT2D eigenvalue weighted by molar-refractivity contribution is 14.1. The third kappa shape index (κ3) is 5.87. The van der Waals surface area contributed by atoms with Gasteiger partial charge in [-0.05, 0) is 16.5 Å². The van der Waals surface area contributed by atoms with Gasteiger partial charge in [0.2, 0.25) is 0 Å². The highest BCUT2D eigenvalue weighted by Gasteiger charge is 2.16. The SMILES string of the molecule is CC(O)C/C=C(\I)[Si](C)(C)C. The molecule has 0 saturated heterocycles. The van der Waals surface area contributed by atoms with Crippen molar-refractivity contribution in [2.75, 3.05) is 0 Å². The van der Waals surface area contributed by atoms with E-state index in [1.807, 2.05) is 6.92 Å². The van der Waals surface area contributed by atoms with Crippen molar-refractivity contribution in [3.05, 3.63) is 9.28 Å². The quantitative estimate of drug-likeness (QED) is 0.624. The zero-order valence-corrected chi connectivity index (χ0v) is 10.8. The third-order valence-electron chi connectivity index (χ3n) is 1.35. The molecule has 1 nitrogen and oxygen atoms in total. The predicted molar refractivity (Wildman–Crippen MR) is 61.7 cm³/mol. The summed E-state index contributed by atoms with van der Waals surface area (Å²) in [5.41, 5.74) is 0. The number of rotatable bonds is 3. The second kappa shape index (κ2) is 4.62. The number of hydrogen-bond donors (Lipinski definition) is 1. The summed E-state index contributed by atoms with van der Waals surface area (Å²) < 4.78 is 1.45. The van der Waals surface area contributed by atoms with Gasteiger partial charge in [0, 0.05) is 0 Å². The highest BCUT2D eigenvalue weighted by Crippen LogP contribution is 2.21. The Morgan fingerprint density at radius 3 is 2.27 bits per heavy atom. The van der Waals surface area contributed by atoms with Gasteiger partial charge in [-0.1, -0.05) is 48.3 Å². The Bertz CT molecular complexity index is 147. The summed E-state index contributed by atoms with van der Waals surface area (Å²) in [6.07, 6.45) is 2.76. The zero-order valence-electron chi connectivity index (χ0n) is 7.69. The smallest absolute Gasteiger partial charge is 0.0850 e. The Labute approximate surface area is 84.0 Å². The summed E-state index contributed by atoms with van der Waals surface area (Å²) in [6.45, 7) is 8.76. The number of halogens is 1. The van der Waals surface area contributed by atoms with E-state index in [4.69, 9.17) is 5.11 Å². The van der Waals surface area contributed by atoms with Crippen LogP contribution in [0.2, 0.25) is 19.6 Å². The lowest BCUT2D eigenvalue weighted by Crippen LogP contribution is -2.20. The molecular formula is C8H17IOSi. The minimum atomic E-state index is -1.09. The van der Waals surface area contributed by atoms with Crippen molar-refractivity contribution in [2.24, 2.45) is 0 Å². The molecule has 0 fully saturated rings. The molecule has 0 bridgehead atoms. The summed E-state index contributed by atoms with van der Waals surface area (Å²) in [5.74, 6) is 0. The van der Waals surface area contributed by atoms with E-state index in [1.165, 1.54) is 3.20 Å². The molecule has 0 aromatic heterocycles. The molecule has 0 saturated carbocycles. The molecule has 1 unspecified atom stereocenters. The number of aliphatic hydroxyl groups is 1. The van der Waals surface area contributed by atoms with E-state index >= 15 is 0 Å². The first kappa shape index (κ1) is 11.6. The molecule has 0 amide bonds. The standard InChI is InChI=1S/C8H17IOSi/c1-7(10)5-6-8(9)11(2,3)4/h6-7,10H,5H2,1-4H3/b8-6+. The molecule has 11 heavy (non-hydrogen) atoms. The fourth-order valence-corrected chi connectivity index (χ4v) is 1.56. The Morgan fingerprint density at radius 2 is 2.00 bits per heavy atom. The fraction of sp³-hybridized carbons (Fsp3) is 0.750. The van der Waals surface area contributed by atoms with Crippen LogP contribution in [0.15, 0.2) is 9.28 Å². The average molecular weight is 284 g/mol. The lowest BCUT2D eigenvalue weighted by molar-refractivity contribution is 0.198. The van der Waals surface area contributed by atoms with E-state index in [1.54, 1.807) is 0 Å². The molecule has 1 N–H and O–H groups in total. The molecule has 66 valence electrons. The van der Waals surface area contributed by atoms with Crippen LogP contribution >= 0.6 is 22.6 Å². The molecule has 0 aromatic rings. The Hall–Kier alpha value is 0.647. The maximum absolute atomic E-state index is 9.03. The van der Waals surface area contributed by atoms with Crippen LogP contribution in [0.25, 0.3) is 0 Å². The van der Waals surface area contributed by atoms with Crippen LogP contribution in [0.4, 0.5) is 0 Å². The van der Waals surface area contributed by atoms with Crippen LogP contribution in [0, 0.1) is 0 Å². The molecule has 0 aliphatic rings. The molecule has 3 heteroatoms. The maximum Gasteiger partial charge on any atom is 0.0850 e. The van der Waals surface area contributed by atoms with E-state index < -0.39 is 8.07 Å². The molecule has 0 heterocycles. The van der Waals surface area contributed by atoms with E-state index in [9.17, 15) is 0 Å². The lowest BCUT2D eigenvalue weighted by Gasteiger charge is -2.15. The van der Waals surface area contributed by atoms with Gasteiger partial charge < -0.3 is 5.11 Å². The molecule has 0 radical (unpaired) electrons. The third-order valence-corrected chi connectivity index (χ3v) is 8.29. The van der Waals surface area contributed by atoms with Crippen molar-refractivity contribution in [1.82, 2.24) is 0 Å². The van der Waals surface area contributed by atoms with Gasteiger partial charge in [0.15, 0.2) is 0 Å². The fourth-order valence-electron chi connectivity index (χ4n) is 0.580. The van der Waals surface area contributed by atoms with Crippen molar-refractivity contribution in [1.29, 1.82) is 0 Å². The second-order valence-electron chi connectivity index (χ2n) is 3.89. The van der Waals surface area contributed by atoms with Crippen LogP contribution in [0.3, 0.4) is 0 Å². The van der Waals surface area contributed by atoms with Crippen molar-refractivity contribution in [3.8, 4) is 0 Å². The van der Waals surface area contributed by atoms with Gasteiger partial charge in [0.05, 0.1) is 14.2 Å². The van der Waals surface area contributed by atoms with E-state index in [0.717, 1.165) is 6.42 Å². The topological polar surface area (TPSA) is 20.2 Å². The summed E-state index contributed by atoms with van der Waals surface area (Å²) in [5, 5.41) is 9.03. The molecule has 0 aliphatic carbocycles. The van der Waals surface area contributed by atoms with Crippen LogP contribution in [-0.4, -0.2) is 19.3 Å². The summed E-state index contributed by atoms with van der Waals surface area (Å²) in [6, 6.07) is 0. The largest absolute Gasteiger partial charge is 0.393 e. The van der Waals surface area contributed by atoms with Crippen LogP contribution < -0.4 is 0 Å². The molecule has 0 rings (SSSR count). The van der Waals surface area contributed by atoms with Crippen molar-refractivity contribution < 1.29 is 5.11 Å². The molecule has 1 atom stereocenters. The summed E-state index contributed by atoms with van der Waals surface area (Å²) in [4.78, 5) is 0. The Balaban J connectivity index is 4.02. The minimum absolute atomic E-state index is 0.198. The molecule has 0 spiro atoms. The van der Waals surface area contributed by atoms with Gasteiger partial charge in [-0.3, -0.25) is 0 Å².